The molecule has 0 aliphatic rings. The van der Waals surface area contributed by atoms with Gasteiger partial charge in [-0.1, -0.05) is 37.8 Å². The molecule has 0 aliphatic heterocycles. The van der Waals surface area contributed by atoms with Gasteiger partial charge in [0.05, 0.1) is 17.9 Å². The maximum absolute atomic E-state index is 6.10. The third-order valence-electron chi connectivity index (χ3n) is 3.18. The second kappa shape index (κ2) is 6.21. The zero-order chi connectivity index (χ0) is 13.7. The first-order valence-corrected chi connectivity index (χ1v) is 6.62. The van der Waals surface area contributed by atoms with Crippen LogP contribution in [0.2, 0.25) is 0 Å². The summed E-state index contributed by atoms with van der Waals surface area (Å²) in [7, 11) is 0. The lowest BCUT2D eigenvalue weighted by Crippen LogP contribution is -2.11. The Morgan fingerprint density at radius 2 is 2.11 bits per heavy atom. The summed E-state index contributed by atoms with van der Waals surface area (Å²) >= 11 is 0. The Morgan fingerprint density at radius 1 is 1.37 bits per heavy atom. The average Bonchev–Trinajstić information content (AvgIpc) is 2.94. The summed E-state index contributed by atoms with van der Waals surface area (Å²) in [6.45, 7) is 2.16. The van der Waals surface area contributed by atoms with Crippen LogP contribution in [-0.2, 0) is 0 Å². The second-order valence-electron chi connectivity index (χ2n) is 4.65. The van der Waals surface area contributed by atoms with E-state index in [1.165, 1.54) is 0 Å². The first-order valence-electron chi connectivity index (χ1n) is 6.62. The summed E-state index contributed by atoms with van der Waals surface area (Å²) in [6, 6.07) is 7.81. The van der Waals surface area contributed by atoms with Crippen LogP contribution in [0.15, 0.2) is 30.5 Å². The van der Waals surface area contributed by atoms with Crippen molar-refractivity contribution in [3.63, 3.8) is 0 Å². The molecule has 1 atom stereocenters. The number of hydrogen-bond acceptors (Lipinski definition) is 2. The van der Waals surface area contributed by atoms with Gasteiger partial charge in [-0.15, -0.1) is 6.42 Å². The molecule has 3 heteroatoms. The van der Waals surface area contributed by atoms with E-state index in [2.05, 4.69) is 22.8 Å². The van der Waals surface area contributed by atoms with Gasteiger partial charge >= 0.3 is 0 Å². The number of benzene rings is 1. The number of aromatic nitrogens is 2. The number of imidazole rings is 1. The lowest BCUT2D eigenvalue weighted by molar-refractivity contribution is 0.580. The molecule has 3 nitrogen and oxygen atoms in total. The smallest absolute Gasteiger partial charge is 0.123 e. The first kappa shape index (κ1) is 13.4. The number of terminal acetylenes is 1. The predicted octanol–water partition coefficient (Wildman–Crippen LogP) is 3.25. The fourth-order valence-electron chi connectivity index (χ4n) is 1.98. The summed E-state index contributed by atoms with van der Waals surface area (Å²) in [5.41, 5.74) is 9.02. The van der Waals surface area contributed by atoms with E-state index in [0.29, 0.717) is 0 Å². The van der Waals surface area contributed by atoms with Crippen molar-refractivity contribution in [3.05, 3.63) is 41.9 Å². The number of aromatic amines is 1. The molecular weight excluding hydrogens is 234 g/mol. The van der Waals surface area contributed by atoms with E-state index in [1.807, 2.05) is 30.5 Å². The van der Waals surface area contributed by atoms with Crippen LogP contribution in [0.4, 0.5) is 0 Å². The summed E-state index contributed by atoms with van der Waals surface area (Å²) in [5.74, 6) is 3.46. The highest BCUT2D eigenvalue weighted by Gasteiger charge is 2.10. The van der Waals surface area contributed by atoms with Crippen LogP contribution in [0.5, 0.6) is 0 Å². The molecule has 1 heterocycles. The molecular formula is C16H19N3. The van der Waals surface area contributed by atoms with Crippen molar-refractivity contribution in [1.29, 1.82) is 0 Å². The molecule has 0 fully saturated rings. The summed E-state index contributed by atoms with van der Waals surface area (Å²) in [6.07, 6.45) is 10.4. The zero-order valence-corrected chi connectivity index (χ0v) is 11.2. The van der Waals surface area contributed by atoms with E-state index < -0.39 is 0 Å². The fraction of sp³-hybridized carbons (Fsp3) is 0.312. The first-order chi connectivity index (χ1) is 9.24. The van der Waals surface area contributed by atoms with Crippen LogP contribution in [0, 0.1) is 12.3 Å². The van der Waals surface area contributed by atoms with Gasteiger partial charge in [0.2, 0.25) is 0 Å². The lowest BCUT2D eigenvalue weighted by atomic mass is 10.1. The molecule has 2 rings (SSSR count). The van der Waals surface area contributed by atoms with E-state index in [9.17, 15) is 0 Å². The minimum atomic E-state index is -0.0151. The Labute approximate surface area is 114 Å². The van der Waals surface area contributed by atoms with Gasteiger partial charge in [0.25, 0.3) is 0 Å². The van der Waals surface area contributed by atoms with E-state index in [1.54, 1.807) is 0 Å². The highest BCUT2D eigenvalue weighted by Crippen LogP contribution is 2.20. The quantitative estimate of drug-likeness (QED) is 0.804. The highest BCUT2D eigenvalue weighted by molar-refractivity contribution is 5.59. The van der Waals surface area contributed by atoms with E-state index in [0.717, 1.165) is 41.9 Å². The van der Waals surface area contributed by atoms with Crippen LogP contribution >= 0.6 is 0 Å². The third kappa shape index (κ3) is 3.24. The molecule has 0 spiro atoms. The minimum absolute atomic E-state index is 0.0151. The van der Waals surface area contributed by atoms with Crippen LogP contribution in [0.1, 0.15) is 43.6 Å². The standard InChI is InChI=1S/C16H19N3/c1-3-5-6-14(17)16-18-11-15(19-16)13-9-7-12(4-2)8-10-13/h2,7-11,14H,3,5-6,17H2,1H3,(H,18,19). The van der Waals surface area contributed by atoms with Crippen molar-refractivity contribution in [3.8, 4) is 23.6 Å². The molecule has 1 aromatic heterocycles. The molecule has 0 saturated heterocycles. The monoisotopic (exact) mass is 253 g/mol. The Kier molecular flexibility index (Phi) is 4.38. The zero-order valence-electron chi connectivity index (χ0n) is 11.2. The normalized spacial score (nSPS) is 12.1. The molecule has 0 radical (unpaired) electrons. The van der Waals surface area contributed by atoms with Crippen molar-refractivity contribution in [2.75, 3.05) is 0 Å². The van der Waals surface area contributed by atoms with Gasteiger partial charge < -0.3 is 10.7 Å². The summed E-state index contributed by atoms with van der Waals surface area (Å²) in [5, 5.41) is 0. The van der Waals surface area contributed by atoms with Crippen molar-refractivity contribution in [2.45, 2.75) is 32.2 Å². The average molecular weight is 253 g/mol. The van der Waals surface area contributed by atoms with Crippen molar-refractivity contribution >= 4 is 0 Å². The molecule has 0 saturated carbocycles. The molecule has 0 bridgehead atoms. The Morgan fingerprint density at radius 3 is 2.74 bits per heavy atom. The summed E-state index contributed by atoms with van der Waals surface area (Å²) in [4.78, 5) is 7.65. The molecule has 98 valence electrons. The predicted molar refractivity (Wildman–Crippen MR) is 78.4 cm³/mol. The molecule has 1 aromatic carbocycles. The van der Waals surface area contributed by atoms with E-state index >= 15 is 0 Å². The molecule has 2 aromatic rings. The number of H-pyrrole nitrogens is 1. The molecule has 3 N–H and O–H groups in total. The Bertz CT molecular complexity index is 560. The van der Waals surface area contributed by atoms with Gasteiger partial charge in [0.1, 0.15) is 5.82 Å². The highest BCUT2D eigenvalue weighted by atomic mass is 15.0. The van der Waals surface area contributed by atoms with Gasteiger partial charge in [-0.3, -0.25) is 0 Å². The van der Waals surface area contributed by atoms with Gasteiger partial charge in [0.15, 0.2) is 0 Å². The van der Waals surface area contributed by atoms with Crippen LogP contribution in [-0.4, -0.2) is 9.97 Å². The Balaban J connectivity index is 2.13. The van der Waals surface area contributed by atoms with Crippen molar-refractivity contribution < 1.29 is 0 Å². The van der Waals surface area contributed by atoms with Gasteiger partial charge in [-0.25, -0.2) is 4.98 Å². The van der Waals surface area contributed by atoms with Crippen LogP contribution in [0.25, 0.3) is 11.3 Å². The molecule has 0 aliphatic carbocycles. The number of hydrogen-bond donors (Lipinski definition) is 2. The topological polar surface area (TPSA) is 54.7 Å². The maximum atomic E-state index is 6.10. The molecule has 1 unspecified atom stereocenters. The number of unbranched alkanes of at least 4 members (excludes halogenated alkanes) is 1. The fourth-order valence-corrected chi connectivity index (χ4v) is 1.98. The number of nitrogens with two attached hydrogens (primary N) is 1. The largest absolute Gasteiger partial charge is 0.341 e. The summed E-state index contributed by atoms with van der Waals surface area (Å²) < 4.78 is 0. The van der Waals surface area contributed by atoms with E-state index in [-0.39, 0.29) is 6.04 Å². The van der Waals surface area contributed by atoms with Crippen LogP contribution in [0.3, 0.4) is 0 Å². The van der Waals surface area contributed by atoms with Crippen molar-refractivity contribution in [2.24, 2.45) is 5.73 Å². The molecule has 19 heavy (non-hydrogen) atoms. The SMILES string of the molecule is C#Cc1ccc(-c2cnc(C(N)CCCC)[nH]2)cc1. The number of rotatable bonds is 5. The Hall–Kier alpha value is -2.05. The van der Waals surface area contributed by atoms with Gasteiger partial charge in [-0.2, -0.15) is 0 Å². The van der Waals surface area contributed by atoms with Crippen LogP contribution < -0.4 is 5.73 Å². The van der Waals surface area contributed by atoms with Crippen molar-refractivity contribution in [1.82, 2.24) is 9.97 Å². The third-order valence-corrected chi connectivity index (χ3v) is 3.18. The minimum Gasteiger partial charge on any atom is -0.341 e. The maximum Gasteiger partial charge on any atom is 0.123 e. The van der Waals surface area contributed by atoms with Gasteiger partial charge in [-0.05, 0) is 24.1 Å². The lowest BCUT2D eigenvalue weighted by Gasteiger charge is -2.07. The number of nitrogens with one attached hydrogen (secondary N) is 1. The molecule has 0 amide bonds. The van der Waals surface area contributed by atoms with Gasteiger partial charge in [0, 0.05) is 5.56 Å². The van der Waals surface area contributed by atoms with E-state index in [4.69, 9.17) is 12.2 Å². The number of nitrogens with zero attached hydrogens (tertiary/aromatic N) is 1. The second-order valence-corrected chi connectivity index (χ2v) is 4.65.